The minimum absolute atomic E-state index is 0.0712. The van der Waals surface area contributed by atoms with Crippen molar-refractivity contribution in [1.82, 2.24) is 14.9 Å². The summed E-state index contributed by atoms with van der Waals surface area (Å²) < 4.78 is 0. The van der Waals surface area contributed by atoms with Gasteiger partial charge in [0.1, 0.15) is 0 Å². The van der Waals surface area contributed by atoms with Gasteiger partial charge in [0.25, 0.3) is 0 Å². The Morgan fingerprint density at radius 3 is 2.55 bits per heavy atom. The van der Waals surface area contributed by atoms with Crippen LogP contribution in [0.4, 0.5) is 0 Å². The number of rotatable bonds is 6. The van der Waals surface area contributed by atoms with E-state index in [-0.39, 0.29) is 24.0 Å². The summed E-state index contributed by atoms with van der Waals surface area (Å²) in [6, 6.07) is 14.1. The highest BCUT2D eigenvalue weighted by molar-refractivity contribution is 6.04. The number of aromatic nitrogens is 2. The van der Waals surface area contributed by atoms with Crippen LogP contribution in [0.25, 0.3) is 11.3 Å². The summed E-state index contributed by atoms with van der Waals surface area (Å²) in [6.07, 6.45) is 7.50. The lowest BCUT2D eigenvalue weighted by Gasteiger charge is -2.26. The van der Waals surface area contributed by atoms with Crippen molar-refractivity contribution in [2.75, 3.05) is 13.6 Å². The highest BCUT2D eigenvalue weighted by Crippen LogP contribution is 2.37. The quantitative estimate of drug-likeness (QED) is 0.656. The first-order valence-corrected chi connectivity index (χ1v) is 11.1. The Morgan fingerprint density at radius 1 is 1.10 bits per heavy atom. The van der Waals surface area contributed by atoms with Crippen LogP contribution in [-0.2, 0) is 17.6 Å². The standard InChI is InChI=1S/C26H27N3O2/c1-29(16-18-7-8-18)26(31)20-14-22-24(23(30)15-20)21(13-17-5-3-2-4-6-17)25(28-22)19-9-11-27-12-10-19/h2-6,9-12,18,20,28H,7-8,13-16H2,1H3. The molecule has 0 radical (unpaired) electrons. The summed E-state index contributed by atoms with van der Waals surface area (Å²) >= 11 is 0. The maximum absolute atomic E-state index is 13.3. The van der Waals surface area contributed by atoms with Gasteiger partial charge in [0, 0.05) is 62.1 Å². The third-order valence-electron chi connectivity index (χ3n) is 6.49. The van der Waals surface area contributed by atoms with E-state index < -0.39 is 0 Å². The lowest BCUT2D eigenvalue weighted by Crippen LogP contribution is -2.38. The van der Waals surface area contributed by atoms with Crippen molar-refractivity contribution in [2.24, 2.45) is 11.8 Å². The lowest BCUT2D eigenvalue weighted by molar-refractivity contribution is -0.134. The van der Waals surface area contributed by atoms with Crippen LogP contribution >= 0.6 is 0 Å². The molecule has 2 aliphatic carbocycles. The fourth-order valence-electron chi connectivity index (χ4n) is 4.74. The van der Waals surface area contributed by atoms with Gasteiger partial charge in [-0.15, -0.1) is 0 Å². The molecule has 0 aliphatic heterocycles. The fraction of sp³-hybridized carbons (Fsp3) is 0.346. The first-order valence-electron chi connectivity index (χ1n) is 11.1. The maximum atomic E-state index is 13.3. The van der Waals surface area contributed by atoms with Crippen molar-refractivity contribution in [3.8, 4) is 11.3 Å². The molecule has 1 N–H and O–H groups in total. The second kappa shape index (κ2) is 8.14. The molecule has 2 heterocycles. The molecule has 0 bridgehead atoms. The largest absolute Gasteiger partial charge is 0.358 e. The van der Waals surface area contributed by atoms with E-state index in [2.05, 4.69) is 22.1 Å². The highest BCUT2D eigenvalue weighted by atomic mass is 16.2. The molecule has 5 rings (SSSR count). The zero-order valence-electron chi connectivity index (χ0n) is 17.8. The third-order valence-corrected chi connectivity index (χ3v) is 6.49. The Kier molecular flexibility index (Phi) is 5.18. The monoisotopic (exact) mass is 413 g/mol. The van der Waals surface area contributed by atoms with E-state index >= 15 is 0 Å². The van der Waals surface area contributed by atoms with Gasteiger partial charge < -0.3 is 9.88 Å². The van der Waals surface area contributed by atoms with Crippen LogP contribution in [0.2, 0.25) is 0 Å². The predicted molar refractivity (Wildman–Crippen MR) is 120 cm³/mol. The molecule has 1 atom stereocenters. The SMILES string of the molecule is CN(CC1CC1)C(=O)C1CC(=O)c2c([nH]c(-c3ccncc3)c2Cc2ccccc2)C1. The van der Waals surface area contributed by atoms with Crippen molar-refractivity contribution in [3.05, 3.63) is 77.2 Å². The first kappa shape index (κ1) is 19.7. The van der Waals surface area contributed by atoms with Gasteiger partial charge in [-0.25, -0.2) is 0 Å². The summed E-state index contributed by atoms with van der Waals surface area (Å²) in [7, 11) is 1.87. The number of carbonyl (C=O) groups excluding carboxylic acids is 2. The zero-order valence-corrected chi connectivity index (χ0v) is 17.8. The average Bonchev–Trinajstić information content (AvgIpc) is 3.53. The summed E-state index contributed by atoms with van der Waals surface area (Å²) in [4.78, 5) is 35.8. The highest BCUT2D eigenvalue weighted by Gasteiger charge is 2.36. The average molecular weight is 414 g/mol. The van der Waals surface area contributed by atoms with Crippen LogP contribution < -0.4 is 0 Å². The number of nitrogens with one attached hydrogen (secondary N) is 1. The van der Waals surface area contributed by atoms with E-state index in [1.807, 2.05) is 42.3 Å². The number of H-pyrrole nitrogens is 1. The number of amides is 1. The summed E-state index contributed by atoms with van der Waals surface area (Å²) in [6.45, 7) is 0.808. The van der Waals surface area contributed by atoms with E-state index in [4.69, 9.17) is 0 Å². The van der Waals surface area contributed by atoms with Crippen molar-refractivity contribution in [1.29, 1.82) is 0 Å². The Labute approximate surface area is 182 Å². The first-order chi connectivity index (χ1) is 15.1. The number of fused-ring (bicyclic) bond motifs is 1. The molecule has 31 heavy (non-hydrogen) atoms. The van der Waals surface area contributed by atoms with Crippen LogP contribution in [0.1, 0.15) is 46.4 Å². The molecule has 0 spiro atoms. The van der Waals surface area contributed by atoms with Gasteiger partial charge in [-0.2, -0.15) is 0 Å². The Balaban J connectivity index is 1.50. The number of hydrogen-bond acceptors (Lipinski definition) is 3. The topological polar surface area (TPSA) is 66.1 Å². The summed E-state index contributed by atoms with van der Waals surface area (Å²) in [5.74, 6) is 0.528. The number of benzene rings is 1. The maximum Gasteiger partial charge on any atom is 0.226 e. The molecule has 1 fully saturated rings. The molecular formula is C26H27N3O2. The molecule has 1 saturated carbocycles. The summed E-state index contributed by atoms with van der Waals surface area (Å²) in [5, 5.41) is 0. The molecule has 3 aromatic rings. The lowest BCUT2D eigenvalue weighted by atomic mass is 9.83. The molecular weight excluding hydrogens is 386 g/mol. The van der Waals surface area contributed by atoms with Gasteiger partial charge in [0.05, 0.1) is 11.6 Å². The minimum Gasteiger partial charge on any atom is -0.358 e. The van der Waals surface area contributed by atoms with E-state index in [0.717, 1.165) is 40.2 Å². The number of Topliss-reactive ketones (excluding diaryl/α,β-unsaturated/α-hetero) is 1. The molecule has 158 valence electrons. The van der Waals surface area contributed by atoms with E-state index in [1.54, 1.807) is 12.4 Å². The van der Waals surface area contributed by atoms with Gasteiger partial charge in [-0.1, -0.05) is 30.3 Å². The predicted octanol–water partition coefficient (Wildman–Crippen LogP) is 4.28. The Hall–Kier alpha value is -3.21. The molecule has 5 heteroatoms. The number of ketones is 1. The third kappa shape index (κ3) is 4.05. The van der Waals surface area contributed by atoms with Gasteiger partial charge in [-0.05, 0) is 42.0 Å². The van der Waals surface area contributed by atoms with E-state index in [1.165, 1.54) is 12.8 Å². The van der Waals surface area contributed by atoms with E-state index in [0.29, 0.717) is 18.8 Å². The molecule has 2 aromatic heterocycles. The number of hydrogen-bond donors (Lipinski definition) is 1. The van der Waals surface area contributed by atoms with Crippen LogP contribution in [0.15, 0.2) is 54.9 Å². The number of aromatic amines is 1. The molecule has 2 aliphatic rings. The number of carbonyl (C=O) groups is 2. The van der Waals surface area contributed by atoms with Crippen LogP contribution in [-0.4, -0.2) is 40.2 Å². The molecule has 0 saturated heterocycles. The molecule has 5 nitrogen and oxygen atoms in total. The normalized spacial score (nSPS) is 18.0. The van der Waals surface area contributed by atoms with Gasteiger partial charge in [0.15, 0.2) is 5.78 Å². The number of pyridine rings is 1. The Bertz CT molecular complexity index is 1100. The van der Waals surface area contributed by atoms with Gasteiger partial charge in [0.2, 0.25) is 5.91 Å². The van der Waals surface area contributed by atoms with Crippen LogP contribution in [0.5, 0.6) is 0 Å². The minimum atomic E-state index is -0.280. The smallest absolute Gasteiger partial charge is 0.226 e. The second-order valence-corrected chi connectivity index (χ2v) is 8.92. The Morgan fingerprint density at radius 2 is 1.84 bits per heavy atom. The molecule has 1 amide bonds. The van der Waals surface area contributed by atoms with Gasteiger partial charge in [-0.3, -0.25) is 14.6 Å². The molecule has 1 aromatic carbocycles. The van der Waals surface area contributed by atoms with Crippen molar-refractivity contribution in [2.45, 2.75) is 32.1 Å². The summed E-state index contributed by atoms with van der Waals surface area (Å²) in [5.41, 5.74) is 5.84. The van der Waals surface area contributed by atoms with E-state index in [9.17, 15) is 9.59 Å². The fourth-order valence-corrected chi connectivity index (χ4v) is 4.74. The van der Waals surface area contributed by atoms with Crippen molar-refractivity contribution < 1.29 is 9.59 Å². The van der Waals surface area contributed by atoms with Crippen molar-refractivity contribution in [3.63, 3.8) is 0 Å². The number of nitrogens with zero attached hydrogens (tertiary/aromatic N) is 2. The van der Waals surface area contributed by atoms with Crippen LogP contribution in [0, 0.1) is 11.8 Å². The van der Waals surface area contributed by atoms with Crippen LogP contribution in [0.3, 0.4) is 0 Å². The second-order valence-electron chi connectivity index (χ2n) is 8.92. The zero-order chi connectivity index (χ0) is 21.4. The molecule has 1 unspecified atom stereocenters. The van der Waals surface area contributed by atoms with Gasteiger partial charge >= 0.3 is 0 Å². The van der Waals surface area contributed by atoms with Crippen molar-refractivity contribution >= 4 is 11.7 Å².